The number of pyridine rings is 1. The van der Waals surface area contributed by atoms with Gasteiger partial charge in [-0.25, -0.2) is 4.79 Å². The standard InChI is InChI=1S/C23H23N3O3/c1-16-7-5-6-10-19(16)20(26-23(24)28)15-21(27)29-22(17-8-3-2-4-9-17)18-11-13-25-14-12-18/h2-14,20,22H,15H2,1H3,(H3,24,26,28). The van der Waals surface area contributed by atoms with Gasteiger partial charge in [0.15, 0.2) is 6.10 Å². The molecule has 3 rings (SSSR count). The van der Waals surface area contributed by atoms with Crippen LogP contribution in [0.1, 0.15) is 40.8 Å². The van der Waals surface area contributed by atoms with Crippen LogP contribution in [-0.2, 0) is 9.53 Å². The molecule has 6 heteroatoms. The van der Waals surface area contributed by atoms with E-state index in [1.165, 1.54) is 0 Å². The van der Waals surface area contributed by atoms with Gasteiger partial charge in [0.25, 0.3) is 0 Å². The number of urea groups is 1. The maximum atomic E-state index is 12.8. The number of ether oxygens (including phenoxy) is 1. The van der Waals surface area contributed by atoms with Gasteiger partial charge in [0.1, 0.15) is 0 Å². The first-order valence-corrected chi connectivity index (χ1v) is 9.30. The zero-order valence-corrected chi connectivity index (χ0v) is 16.1. The maximum Gasteiger partial charge on any atom is 0.312 e. The minimum absolute atomic E-state index is 0.0395. The molecule has 3 aromatic rings. The number of aromatic nitrogens is 1. The highest BCUT2D eigenvalue weighted by Crippen LogP contribution is 2.28. The first-order chi connectivity index (χ1) is 14.0. The monoisotopic (exact) mass is 389 g/mol. The second kappa shape index (κ2) is 9.50. The Balaban J connectivity index is 1.83. The average molecular weight is 389 g/mol. The fourth-order valence-electron chi connectivity index (χ4n) is 3.23. The molecule has 3 N–H and O–H groups in total. The highest BCUT2D eigenvalue weighted by atomic mass is 16.5. The molecule has 0 aliphatic rings. The molecule has 0 fully saturated rings. The van der Waals surface area contributed by atoms with Crippen LogP contribution >= 0.6 is 0 Å². The Labute approximate surface area is 169 Å². The Kier molecular flexibility index (Phi) is 6.58. The topological polar surface area (TPSA) is 94.3 Å². The summed E-state index contributed by atoms with van der Waals surface area (Å²) in [7, 11) is 0. The number of carbonyl (C=O) groups is 2. The number of aryl methyl sites for hydroxylation is 1. The van der Waals surface area contributed by atoms with Crippen LogP contribution < -0.4 is 11.1 Å². The van der Waals surface area contributed by atoms with E-state index in [1.807, 2.05) is 73.7 Å². The highest BCUT2D eigenvalue weighted by molar-refractivity contribution is 5.75. The van der Waals surface area contributed by atoms with Gasteiger partial charge in [-0.2, -0.15) is 0 Å². The van der Waals surface area contributed by atoms with E-state index in [9.17, 15) is 9.59 Å². The van der Waals surface area contributed by atoms with Crippen molar-refractivity contribution in [2.75, 3.05) is 0 Å². The van der Waals surface area contributed by atoms with E-state index in [4.69, 9.17) is 10.5 Å². The molecule has 6 nitrogen and oxygen atoms in total. The molecule has 1 heterocycles. The molecule has 0 saturated heterocycles. The Bertz CT molecular complexity index is 922. The predicted octanol–water partition coefficient (Wildman–Crippen LogP) is 3.82. The molecule has 2 atom stereocenters. The van der Waals surface area contributed by atoms with Gasteiger partial charge in [0, 0.05) is 18.0 Å². The van der Waals surface area contributed by atoms with E-state index in [2.05, 4.69) is 10.3 Å². The molecule has 1 aromatic heterocycles. The summed E-state index contributed by atoms with van der Waals surface area (Å²) in [6.45, 7) is 1.92. The largest absolute Gasteiger partial charge is 0.452 e. The van der Waals surface area contributed by atoms with Crippen LogP contribution in [0.2, 0.25) is 0 Å². The van der Waals surface area contributed by atoms with Gasteiger partial charge >= 0.3 is 12.0 Å². The third kappa shape index (κ3) is 5.42. The summed E-state index contributed by atoms with van der Waals surface area (Å²) in [5.74, 6) is -0.447. The average Bonchev–Trinajstić information content (AvgIpc) is 2.73. The molecule has 0 radical (unpaired) electrons. The van der Waals surface area contributed by atoms with Gasteiger partial charge in [0.05, 0.1) is 12.5 Å². The van der Waals surface area contributed by atoms with Crippen molar-refractivity contribution in [1.82, 2.24) is 10.3 Å². The van der Waals surface area contributed by atoms with Crippen molar-refractivity contribution in [2.45, 2.75) is 25.5 Å². The molecule has 148 valence electrons. The number of nitrogens with one attached hydrogen (secondary N) is 1. The summed E-state index contributed by atoms with van der Waals surface area (Å²) in [6, 6.07) is 19.4. The van der Waals surface area contributed by atoms with Crippen LogP contribution in [0.5, 0.6) is 0 Å². The molecule has 0 spiro atoms. The number of carbonyl (C=O) groups excluding carboxylic acids is 2. The molecule has 2 amide bonds. The van der Waals surface area contributed by atoms with Crippen molar-refractivity contribution in [3.05, 3.63) is 101 Å². The highest BCUT2D eigenvalue weighted by Gasteiger charge is 2.24. The molecule has 0 saturated carbocycles. The van der Waals surface area contributed by atoms with Crippen molar-refractivity contribution < 1.29 is 14.3 Å². The fourth-order valence-corrected chi connectivity index (χ4v) is 3.23. The number of hydrogen-bond acceptors (Lipinski definition) is 4. The van der Waals surface area contributed by atoms with Crippen molar-refractivity contribution in [3.63, 3.8) is 0 Å². The Hall–Kier alpha value is -3.67. The number of amides is 2. The quantitative estimate of drug-likeness (QED) is 0.601. The number of benzene rings is 2. The van der Waals surface area contributed by atoms with Gasteiger partial charge in [-0.05, 0) is 35.7 Å². The molecular formula is C23H23N3O3. The Morgan fingerprint density at radius 3 is 2.24 bits per heavy atom. The van der Waals surface area contributed by atoms with Gasteiger partial charge < -0.3 is 15.8 Å². The first-order valence-electron chi connectivity index (χ1n) is 9.30. The van der Waals surface area contributed by atoms with Crippen LogP contribution in [0.25, 0.3) is 0 Å². The van der Waals surface area contributed by atoms with Crippen LogP contribution in [0, 0.1) is 6.92 Å². The minimum Gasteiger partial charge on any atom is -0.452 e. The molecule has 0 aliphatic heterocycles. The second-order valence-corrected chi connectivity index (χ2v) is 6.68. The van der Waals surface area contributed by atoms with Crippen molar-refractivity contribution in [1.29, 1.82) is 0 Å². The van der Waals surface area contributed by atoms with E-state index in [0.717, 1.165) is 22.3 Å². The van der Waals surface area contributed by atoms with Gasteiger partial charge in [-0.1, -0.05) is 54.6 Å². The third-order valence-corrected chi connectivity index (χ3v) is 4.61. The molecule has 2 aromatic carbocycles. The van der Waals surface area contributed by atoms with Gasteiger partial charge in [-0.3, -0.25) is 9.78 Å². The predicted molar refractivity (Wildman–Crippen MR) is 110 cm³/mol. The lowest BCUT2D eigenvalue weighted by molar-refractivity contribution is -0.148. The number of nitrogens with zero attached hydrogens (tertiary/aromatic N) is 1. The summed E-state index contributed by atoms with van der Waals surface area (Å²) in [5, 5.41) is 2.65. The fraction of sp³-hybridized carbons (Fsp3) is 0.174. The van der Waals surface area contributed by atoms with Crippen LogP contribution in [0.3, 0.4) is 0 Å². The smallest absolute Gasteiger partial charge is 0.312 e. The third-order valence-electron chi connectivity index (χ3n) is 4.61. The van der Waals surface area contributed by atoms with Crippen molar-refractivity contribution in [3.8, 4) is 0 Å². The maximum absolute atomic E-state index is 12.8. The van der Waals surface area contributed by atoms with Crippen molar-refractivity contribution in [2.24, 2.45) is 5.73 Å². The number of primary amides is 1. The molecule has 2 unspecified atom stereocenters. The van der Waals surface area contributed by atoms with Crippen LogP contribution in [0.15, 0.2) is 79.1 Å². The molecule has 0 bridgehead atoms. The van der Waals surface area contributed by atoms with Crippen LogP contribution in [-0.4, -0.2) is 17.0 Å². The Morgan fingerprint density at radius 1 is 0.966 bits per heavy atom. The second-order valence-electron chi connectivity index (χ2n) is 6.68. The Morgan fingerprint density at radius 2 is 1.59 bits per heavy atom. The van der Waals surface area contributed by atoms with E-state index in [-0.39, 0.29) is 6.42 Å². The first kappa shape index (κ1) is 20.1. The normalized spacial score (nSPS) is 12.6. The van der Waals surface area contributed by atoms with Gasteiger partial charge in [0.2, 0.25) is 0 Å². The lowest BCUT2D eigenvalue weighted by atomic mass is 9.98. The van der Waals surface area contributed by atoms with Crippen LogP contribution in [0.4, 0.5) is 4.79 Å². The lowest BCUT2D eigenvalue weighted by Crippen LogP contribution is -2.35. The van der Waals surface area contributed by atoms with Gasteiger partial charge in [-0.15, -0.1) is 0 Å². The van der Waals surface area contributed by atoms with E-state index in [1.54, 1.807) is 12.4 Å². The zero-order valence-electron chi connectivity index (χ0n) is 16.1. The minimum atomic E-state index is -0.695. The van der Waals surface area contributed by atoms with E-state index in [0.29, 0.717) is 0 Å². The zero-order chi connectivity index (χ0) is 20.6. The summed E-state index contributed by atoms with van der Waals surface area (Å²) in [5.41, 5.74) is 8.77. The number of esters is 1. The SMILES string of the molecule is Cc1ccccc1C(CC(=O)OC(c1ccccc1)c1ccncc1)NC(N)=O. The number of hydrogen-bond donors (Lipinski definition) is 2. The molecule has 0 aliphatic carbocycles. The van der Waals surface area contributed by atoms with Crippen molar-refractivity contribution >= 4 is 12.0 Å². The van der Waals surface area contributed by atoms with E-state index >= 15 is 0 Å². The molecule has 29 heavy (non-hydrogen) atoms. The summed E-state index contributed by atoms with van der Waals surface area (Å²) >= 11 is 0. The lowest BCUT2D eigenvalue weighted by Gasteiger charge is -2.22. The summed E-state index contributed by atoms with van der Waals surface area (Å²) in [4.78, 5) is 28.4. The number of nitrogens with two attached hydrogens (primary N) is 1. The molecular weight excluding hydrogens is 366 g/mol. The summed E-state index contributed by atoms with van der Waals surface area (Å²) in [6.07, 6.45) is 2.70. The number of rotatable bonds is 7. The van der Waals surface area contributed by atoms with E-state index < -0.39 is 24.1 Å². The summed E-state index contributed by atoms with van der Waals surface area (Å²) < 4.78 is 5.84.